The molecular weight excluding hydrogens is 241 g/mol. The first-order valence-electron chi connectivity index (χ1n) is 5.74. The van der Waals surface area contributed by atoms with Crippen molar-refractivity contribution in [1.29, 1.82) is 0 Å². The van der Waals surface area contributed by atoms with E-state index in [1.165, 1.54) is 12.1 Å². The van der Waals surface area contributed by atoms with Crippen molar-refractivity contribution in [1.82, 2.24) is 5.32 Å². The van der Waals surface area contributed by atoms with Gasteiger partial charge in [0.15, 0.2) is 0 Å². The first-order chi connectivity index (χ1) is 7.95. The lowest BCUT2D eigenvalue weighted by atomic mass is 9.64. The van der Waals surface area contributed by atoms with Crippen LogP contribution in [0, 0.1) is 11.2 Å². The van der Waals surface area contributed by atoms with Gasteiger partial charge in [-0.05, 0) is 25.2 Å². The Hall–Kier alpha value is -0.800. The van der Waals surface area contributed by atoms with Crippen LogP contribution in [-0.4, -0.2) is 19.2 Å². The highest BCUT2D eigenvalue weighted by molar-refractivity contribution is 6.32. The Bertz CT molecular complexity index is 422. The third-order valence-electron chi connectivity index (χ3n) is 3.69. The molecule has 1 aromatic carbocycles. The highest BCUT2D eigenvalue weighted by Gasteiger charge is 2.49. The molecule has 1 N–H and O–H groups in total. The Labute approximate surface area is 106 Å². The summed E-state index contributed by atoms with van der Waals surface area (Å²) in [6, 6.07) is 4.67. The van der Waals surface area contributed by atoms with Crippen molar-refractivity contribution < 1.29 is 9.13 Å². The van der Waals surface area contributed by atoms with Gasteiger partial charge in [0, 0.05) is 17.9 Å². The van der Waals surface area contributed by atoms with Gasteiger partial charge in [0.25, 0.3) is 0 Å². The molecule has 1 aliphatic rings. The summed E-state index contributed by atoms with van der Waals surface area (Å²) in [7, 11) is 1.95. The monoisotopic (exact) mass is 257 g/mol. The van der Waals surface area contributed by atoms with Gasteiger partial charge in [-0.2, -0.15) is 0 Å². The summed E-state index contributed by atoms with van der Waals surface area (Å²) in [6.07, 6.45) is 1.06. The lowest BCUT2D eigenvalue weighted by Crippen LogP contribution is -2.61. The van der Waals surface area contributed by atoms with Gasteiger partial charge < -0.3 is 10.1 Å². The lowest BCUT2D eigenvalue weighted by molar-refractivity contribution is -0.0520. The van der Waals surface area contributed by atoms with Crippen LogP contribution in [0.5, 0.6) is 5.75 Å². The first-order valence-corrected chi connectivity index (χ1v) is 6.12. The second-order valence-corrected chi connectivity index (χ2v) is 5.49. The molecule has 0 aliphatic heterocycles. The van der Waals surface area contributed by atoms with E-state index >= 15 is 0 Å². The van der Waals surface area contributed by atoms with Crippen LogP contribution < -0.4 is 10.1 Å². The zero-order valence-electron chi connectivity index (χ0n) is 10.3. The van der Waals surface area contributed by atoms with Crippen molar-refractivity contribution >= 4 is 11.6 Å². The molecule has 0 saturated heterocycles. The minimum atomic E-state index is -0.344. The highest BCUT2D eigenvalue weighted by atomic mass is 35.5. The number of halogens is 2. The van der Waals surface area contributed by atoms with Crippen LogP contribution in [0.4, 0.5) is 4.39 Å². The molecule has 0 aromatic heterocycles. The average Bonchev–Trinajstić information content (AvgIpc) is 2.26. The summed E-state index contributed by atoms with van der Waals surface area (Å²) >= 11 is 5.94. The van der Waals surface area contributed by atoms with Gasteiger partial charge in [0.2, 0.25) is 0 Å². The summed E-state index contributed by atoms with van der Waals surface area (Å²) in [5.74, 6) is 0.212. The number of nitrogens with one attached hydrogen (secondary N) is 1. The van der Waals surface area contributed by atoms with Crippen LogP contribution >= 0.6 is 11.6 Å². The minimum absolute atomic E-state index is 0.0620. The maximum absolute atomic E-state index is 12.9. The molecule has 0 radical (unpaired) electrons. The maximum atomic E-state index is 12.9. The number of hydrogen-bond acceptors (Lipinski definition) is 2. The Kier molecular flexibility index (Phi) is 3.32. The zero-order valence-corrected chi connectivity index (χ0v) is 11.0. The molecule has 0 heterocycles. The molecule has 0 bridgehead atoms. The van der Waals surface area contributed by atoms with E-state index in [1.54, 1.807) is 6.07 Å². The largest absolute Gasteiger partial charge is 0.488 e. The number of rotatable bonds is 3. The van der Waals surface area contributed by atoms with Crippen molar-refractivity contribution in [3.8, 4) is 5.75 Å². The van der Waals surface area contributed by atoms with E-state index in [4.69, 9.17) is 16.3 Å². The fraction of sp³-hybridized carbons (Fsp3) is 0.538. The topological polar surface area (TPSA) is 21.3 Å². The van der Waals surface area contributed by atoms with Gasteiger partial charge in [-0.15, -0.1) is 0 Å². The third-order valence-corrected chi connectivity index (χ3v) is 3.98. The second kappa shape index (κ2) is 4.46. The van der Waals surface area contributed by atoms with E-state index in [2.05, 4.69) is 19.2 Å². The average molecular weight is 258 g/mol. The van der Waals surface area contributed by atoms with Crippen molar-refractivity contribution in [2.24, 2.45) is 5.41 Å². The molecule has 2 rings (SSSR count). The SMILES string of the molecule is CNC1CC(Oc2ccc(F)cc2Cl)C1(C)C. The smallest absolute Gasteiger partial charge is 0.138 e. The van der Waals surface area contributed by atoms with E-state index in [0.717, 1.165) is 6.42 Å². The Morgan fingerprint density at radius 2 is 2.18 bits per heavy atom. The molecule has 94 valence electrons. The molecule has 2 atom stereocenters. The third kappa shape index (κ3) is 2.26. The Morgan fingerprint density at radius 3 is 2.71 bits per heavy atom. The lowest BCUT2D eigenvalue weighted by Gasteiger charge is -2.51. The zero-order chi connectivity index (χ0) is 12.6. The number of benzene rings is 1. The first kappa shape index (κ1) is 12.7. The van der Waals surface area contributed by atoms with Gasteiger partial charge in [-0.3, -0.25) is 0 Å². The Morgan fingerprint density at radius 1 is 1.47 bits per heavy atom. The Balaban J connectivity index is 2.08. The van der Waals surface area contributed by atoms with Gasteiger partial charge in [0.05, 0.1) is 5.02 Å². The van der Waals surface area contributed by atoms with Crippen molar-refractivity contribution in [2.45, 2.75) is 32.4 Å². The quantitative estimate of drug-likeness (QED) is 0.898. The molecule has 2 unspecified atom stereocenters. The molecule has 17 heavy (non-hydrogen) atoms. The predicted octanol–water partition coefficient (Wildman–Crippen LogP) is 3.24. The highest BCUT2D eigenvalue weighted by Crippen LogP contribution is 2.43. The molecule has 0 spiro atoms. The summed E-state index contributed by atoms with van der Waals surface area (Å²) in [5.41, 5.74) is 0.0620. The van der Waals surface area contributed by atoms with Crippen LogP contribution in [0.2, 0.25) is 5.02 Å². The normalized spacial score (nSPS) is 26.4. The van der Waals surface area contributed by atoms with Crippen LogP contribution in [-0.2, 0) is 0 Å². The second-order valence-electron chi connectivity index (χ2n) is 5.08. The van der Waals surface area contributed by atoms with Crippen LogP contribution in [0.3, 0.4) is 0 Å². The van der Waals surface area contributed by atoms with Crippen molar-refractivity contribution in [2.75, 3.05) is 7.05 Å². The van der Waals surface area contributed by atoms with Gasteiger partial charge in [-0.1, -0.05) is 25.4 Å². The molecule has 4 heteroatoms. The minimum Gasteiger partial charge on any atom is -0.488 e. The van der Waals surface area contributed by atoms with E-state index in [9.17, 15) is 4.39 Å². The summed E-state index contributed by atoms with van der Waals surface area (Å²) in [6.45, 7) is 4.31. The van der Waals surface area contributed by atoms with Crippen molar-refractivity contribution in [3.63, 3.8) is 0 Å². The molecule has 1 aromatic rings. The summed E-state index contributed by atoms with van der Waals surface area (Å²) in [5, 5.41) is 3.59. The number of ether oxygens (including phenoxy) is 1. The predicted molar refractivity (Wildman–Crippen MR) is 67.1 cm³/mol. The number of hydrogen-bond donors (Lipinski definition) is 1. The van der Waals surface area contributed by atoms with Crippen LogP contribution in [0.25, 0.3) is 0 Å². The fourth-order valence-electron chi connectivity index (χ4n) is 2.30. The van der Waals surface area contributed by atoms with Crippen LogP contribution in [0.1, 0.15) is 20.3 Å². The van der Waals surface area contributed by atoms with Crippen molar-refractivity contribution in [3.05, 3.63) is 29.0 Å². The molecule has 1 saturated carbocycles. The van der Waals surface area contributed by atoms with E-state index in [1.807, 2.05) is 7.05 Å². The van der Waals surface area contributed by atoms with Gasteiger partial charge in [-0.25, -0.2) is 4.39 Å². The molecule has 2 nitrogen and oxygen atoms in total. The summed E-state index contributed by atoms with van der Waals surface area (Å²) < 4.78 is 18.7. The molecule has 1 fully saturated rings. The van der Waals surface area contributed by atoms with Gasteiger partial charge in [0.1, 0.15) is 17.7 Å². The molecule has 1 aliphatic carbocycles. The van der Waals surface area contributed by atoms with E-state index in [0.29, 0.717) is 16.8 Å². The van der Waals surface area contributed by atoms with E-state index in [-0.39, 0.29) is 17.3 Å². The van der Waals surface area contributed by atoms with E-state index < -0.39 is 0 Å². The summed E-state index contributed by atoms with van der Waals surface area (Å²) in [4.78, 5) is 0. The standard InChI is InChI=1S/C13H17ClFNO/c1-13(2)11(16-3)7-12(13)17-10-5-4-8(15)6-9(10)14/h4-6,11-12,16H,7H2,1-3H3. The van der Waals surface area contributed by atoms with Gasteiger partial charge >= 0.3 is 0 Å². The fourth-order valence-corrected chi connectivity index (χ4v) is 2.51. The molecular formula is C13H17ClFNO. The maximum Gasteiger partial charge on any atom is 0.138 e. The van der Waals surface area contributed by atoms with Crippen LogP contribution in [0.15, 0.2) is 18.2 Å². The molecule has 0 amide bonds.